The number of nitrogens with zero attached hydrogens (tertiary/aromatic N) is 4. The molecule has 9 unspecified atom stereocenters. The number of hydrogen-bond donors (Lipinski definition) is 7. The first-order chi connectivity index (χ1) is 31.8. The second-order valence-corrected chi connectivity index (χ2v) is 19.8. The van der Waals surface area contributed by atoms with Crippen molar-refractivity contribution in [3.05, 3.63) is 47.9 Å². The van der Waals surface area contributed by atoms with Gasteiger partial charge in [-0.05, 0) is 49.7 Å². The van der Waals surface area contributed by atoms with Crippen LogP contribution < -0.4 is 5.32 Å². The molecule has 1 aliphatic carbocycles. The monoisotopic (exact) mass is 944 g/mol. The summed E-state index contributed by atoms with van der Waals surface area (Å²) in [6, 6.07) is 7.17. The molecule has 3 saturated heterocycles. The van der Waals surface area contributed by atoms with Crippen LogP contribution in [0, 0.1) is 29.6 Å². The van der Waals surface area contributed by atoms with Crippen molar-refractivity contribution in [2.24, 2.45) is 36.6 Å². The Bertz CT molecular complexity index is 2120. The third kappa shape index (κ3) is 11.0. The van der Waals surface area contributed by atoms with Crippen LogP contribution in [0.25, 0.3) is 10.9 Å². The van der Waals surface area contributed by atoms with E-state index < -0.39 is 116 Å². The molecule has 0 bridgehead atoms. The maximum Gasteiger partial charge on any atom is 0.223 e. The van der Waals surface area contributed by atoms with Crippen LogP contribution in [0.3, 0.4) is 0 Å². The fourth-order valence-corrected chi connectivity index (χ4v) is 10.3. The van der Waals surface area contributed by atoms with Gasteiger partial charge in [-0.1, -0.05) is 71.9 Å². The van der Waals surface area contributed by atoms with Gasteiger partial charge in [-0.2, -0.15) is 0 Å². The van der Waals surface area contributed by atoms with Crippen molar-refractivity contribution in [3.63, 3.8) is 0 Å². The Morgan fingerprint density at radius 3 is 1.94 bits per heavy atom. The van der Waals surface area contributed by atoms with Gasteiger partial charge in [0.15, 0.2) is 24.7 Å². The fourth-order valence-electron chi connectivity index (χ4n) is 10.3. The summed E-state index contributed by atoms with van der Waals surface area (Å²) in [6.07, 6.45) is -10.2. The number of aromatic nitrogens is 4. The van der Waals surface area contributed by atoms with E-state index in [-0.39, 0.29) is 36.5 Å². The van der Waals surface area contributed by atoms with Gasteiger partial charge in [0.25, 0.3) is 0 Å². The molecule has 4 fully saturated rings. The van der Waals surface area contributed by atoms with E-state index in [0.29, 0.717) is 31.4 Å². The van der Waals surface area contributed by atoms with Crippen LogP contribution in [0.15, 0.2) is 36.7 Å². The van der Waals surface area contributed by atoms with E-state index in [2.05, 4.69) is 15.6 Å². The number of benzene rings is 1. The van der Waals surface area contributed by atoms with Crippen LogP contribution in [-0.4, -0.2) is 160 Å². The molecule has 3 aliphatic heterocycles. The molecule has 1 amide bonds. The molecule has 374 valence electrons. The van der Waals surface area contributed by atoms with E-state index >= 15 is 0 Å². The number of aliphatic hydroxyl groups is 6. The lowest BCUT2D eigenvalue weighted by molar-refractivity contribution is -0.325. The summed E-state index contributed by atoms with van der Waals surface area (Å²) in [5, 5.41) is 79.5. The molecular weight excluding hydrogens is 871 g/mol. The van der Waals surface area contributed by atoms with E-state index in [0.717, 1.165) is 16.5 Å². The summed E-state index contributed by atoms with van der Waals surface area (Å²) >= 11 is 0. The van der Waals surface area contributed by atoms with Gasteiger partial charge in [-0.3, -0.25) is 9.59 Å². The number of carbonyl (C=O) groups is 2. The highest BCUT2D eigenvalue weighted by atomic mass is 16.8. The number of aryl methyl sites for hydroxylation is 1. The number of amides is 1. The lowest BCUT2D eigenvalue weighted by Gasteiger charge is -2.47. The number of hydrogen-bond acceptors (Lipinski definition) is 16. The van der Waals surface area contributed by atoms with Gasteiger partial charge in [-0.25, -0.2) is 4.68 Å². The molecule has 19 nitrogen and oxygen atoms in total. The van der Waals surface area contributed by atoms with E-state index in [1.165, 1.54) is 11.6 Å². The standard InChI is InChI=1S/C48H73N5O14/c1-10-33-39(58)37(56)25(6)46(62-33)65-42-23(4)16-22(3)36(55)44(42)67-48-41(60)43(66-47-26(7)38(57)40(59)34(11-2)63-47)35(64-48)21-53-20-29(50-51-53)17-24(5)45(61)49-31(27(8)54)18-28-19-52(9)32-15-13-12-14-30(28)32/h12-15,19-20,22-26,31,33-44,46-48,55-60H,10-11,16-18,21H2,1-9H3,(H,49,61)/t22-,23?,24?,25?,26?,31?,33?,34+,35-,36?,37-,38?,39+,40-,41?,42+,43+,44-,46+,47-,48+/m1/s1. The molecule has 67 heavy (non-hydrogen) atoms. The van der Waals surface area contributed by atoms with Gasteiger partial charge in [0.1, 0.15) is 36.6 Å². The number of carbonyl (C=O) groups excluding carboxylic acids is 2. The van der Waals surface area contributed by atoms with Gasteiger partial charge in [0, 0.05) is 60.9 Å². The molecule has 5 heterocycles. The highest BCUT2D eigenvalue weighted by Gasteiger charge is 2.54. The van der Waals surface area contributed by atoms with E-state index in [4.69, 9.17) is 28.4 Å². The number of para-hydroxylation sites is 1. The minimum Gasteiger partial charge on any atom is -0.390 e. The van der Waals surface area contributed by atoms with Crippen molar-refractivity contribution in [1.82, 2.24) is 24.9 Å². The maximum atomic E-state index is 13.6. The van der Waals surface area contributed by atoms with Gasteiger partial charge < -0.3 is 68.9 Å². The van der Waals surface area contributed by atoms with Crippen molar-refractivity contribution in [1.29, 1.82) is 0 Å². The van der Waals surface area contributed by atoms with Crippen molar-refractivity contribution >= 4 is 22.6 Å². The lowest BCUT2D eigenvalue weighted by Crippen LogP contribution is -2.59. The van der Waals surface area contributed by atoms with Crippen molar-refractivity contribution in [3.8, 4) is 0 Å². The highest BCUT2D eigenvalue weighted by molar-refractivity contribution is 5.90. The van der Waals surface area contributed by atoms with Crippen molar-refractivity contribution in [2.45, 2.75) is 192 Å². The summed E-state index contributed by atoms with van der Waals surface area (Å²) in [7, 11) is 1.94. The molecule has 1 saturated carbocycles. The summed E-state index contributed by atoms with van der Waals surface area (Å²) in [4.78, 5) is 26.4. The minimum absolute atomic E-state index is 0.0118. The zero-order valence-corrected chi connectivity index (χ0v) is 40.1. The Labute approximate surface area is 392 Å². The number of aliphatic hydroxyl groups excluding tert-OH is 6. The summed E-state index contributed by atoms with van der Waals surface area (Å²) in [5.74, 6) is -2.78. The Morgan fingerprint density at radius 2 is 1.33 bits per heavy atom. The number of ether oxygens (including phenoxy) is 6. The molecule has 7 N–H and O–H groups in total. The van der Waals surface area contributed by atoms with Crippen LogP contribution in [-0.2, 0) is 64.4 Å². The minimum atomic E-state index is -1.47. The van der Waals surface area contributed by atoms with Gasteiger partial charge in [-0.15, -0.1) is 5.10 Å². The average molecular weight is 944 g/mol. The van der Waals surface area contributed by atoms with Crippen LogP contribution in [0.1, 0.15) is 85.9 Å². The average Bonchev–Trinajstić information content (AvgIpc) is 3.97. The van der Waals surface area contributed by atoms with Crippen LogP contribution in [0.4, 0.5) is 0 Å². The molecule has 0 radical (unpaired) electrons. The van der Waals surface area contributed by atoms with Gasteiger partial charge in [0.2, 0.25) is 5.91 Å². The van der Waals surface area contributed by atoms with E-state index in [1.807, 2.05) is 69.8 Å². The van der Waals surface area contributed by atoms with Crippen LogP contribution in [0.5, 0.6) is 0 Å². The molecule has 1 aromatic carbocycles. The van der Waals surface area contributed by atoms with Crippen molar-refractivity contribution < 1.29 is 68.6 Å². The Kier molecular flexibility index (Phi) is 16.6. The normalized spacial score (nSPS) is 39.1. The van der Waals surface area contributed by atoms with Crippen LogP contribution >= 0.6 is 0 Å². The number of ketones is 1. The third-order valence-corrected chi connectivity index (χ3v) is 14.7. The first-order valence-electron chi connectivity index (χ1n) is 24.0. The molecule has 4 aliphatic rings. The number of rotatable bonds is 17. The Morgan fingerprint density at radius 1 is 0.746 bits per heavy atom. The van der Waals surface area contributed by atoms with Crippen molar-refractivity contribution in [2.75, 3.05) is 0 Å². The van der Waals surface area contributed by atoms with Gasteiger partial charge in [0.05, 0.1) is 54.9 Å². The molecule has 7 rings (SSSR count). The third-order valence-electron chi connectivity index (χ3n) is 14.7. The zero-order valence-electron chi connectivity index (χ0n) is 40.1. The molecule has 2 aromatic heterocycles. The van der Waals surface area contributed by atoms with E-state index in [1.54, 1.807) is 27.0 Å². The zero-order chi connectivity index (χ0) is 48.6. The first kappa shape index (κ1) is 51.4. The topological polar surface area (TPSA) is 259 Å². The summed E-state index contributed by atoms with van der Waals surface area (Å²) < 4.78 is 41.8. The Hall–Kier alpha value is -3.44. The highest BCUT2D eigenvalue weighted by Crippen LogP contribution is 2.40. The second kappa shape index (κ2) is 21.7. The molecular formula is C48H73N5O14. The SMILES string of the molecule is CCC1O[C@@H](O[C@H]2C(C)C[C@@H](C)C(O)[C@H]2O[C@@H]2O[C@H](Cn3cc(CC(C)C(=O)NC(Cc4cn(C)c5ccccc45)C(C)=O)nn3)[C@H](O[C@H]3O[C@@H](CC)[C@@H](O)C(O)C3C)C2O)C(C)[C@@H](O)[C@H]1O. The quantitative estimate of drug-likeness (QED) is 0.101. The molecule has 19 heteroatoms. The predicted octanol–water partition coefficient (Wildman–Crippen LogP) is 1.53. The second-order valence-electron chi connectivity index (χ2n) is 19.8. The lowest BCUT2D eigenvalue weighted by atomic mass is 9.77. The predicted molar refractivity (Wildman–Crippen MR) is 241 cm³/mol. The van der Waals surface area contributed by atoms with Gasteiger partial charge >= 0.3 is 0 Å². The number of nitrogens with one attached hydrogen (secondary N) is 1. The smallest absolute Gasteiger partial charge is 0.223 e. The largest absolute Gasteiger partial charge is 0.390 e. The fraction of sp³-hybridized carbons (Fsp3) is 0.750. The number of fused-ring (bicyclic) bond motifs is 1. The molecule has 3 aromatic rings. The van der Waals surface area contributed by atoms with Crippen LogP contribution in [0.2, 0.25) is 0 Å². The van der Waals surface area contributed by atoms with E-state index in [9.17, 15) is 40.2 Å². The molecule has 21 atom stereocenters. The first-order valence-corrected chi connectivity index (χ1v) is 24.0. The summed E-state index contributed by atoms with van der Waals surface area (Å²) in [6.45, 7) is 14.1. The summed E-state index contributed by atoms with van der Waals surface area (Å²) in [5.41, 5.74) is 2.47. The Balaban J connectivity index is 1.07. The molecule has 0 spiro atoms. The maximum absolute atomic E-state index is 13.6. The number of Topliss-reactive ketones (excluding diaryl/α,β-unsaturated/α-hetero) is 1.